The summed E-state index contributed by atoms with van der Waals surface area (Å²) in [7, 11) is 0. The van der Waals surface area contributed by atoms with Crippen LogP contribution in [0.2, 0.25) is 0 Å². The number of anilines is 1. The SMILES string of the molecule is CCN(CC)N1C2=C(Oc3ccccc31)C1=CC(=O)C=CC1=CC2. The summed E-state index contributed by atoms with van der Waals surface area (Å²) in [6.45, 7) is 6.10. The molecule has 4 nitrogen and oxygen atoms in total. The van der Waals surface area contributed by atoms with Gasteiger partial charge in [-0.25, -0.2) is 5.01 Å². The molecule has 4 rings (SSSR count). The summed E-state index contributed by atoms with van der Waals surface area (Å²) in [6.07, 6.45) is 8.12. The van der Waals surface area contributed by atoms with Gasteiger partial charge >= 0.3 is 0 Å². The van der Waals surface area contributed by atoms with E-state index in [0.717, 1.165) is 53.5 Å². The zero-order valence-electron chi connectivity index (χ0n) is 14.0. The summed E-state index contributed by atoms with van der Waals surface area (Å²) in [5.74, 6) is 1.64. The van der Waals surface area contributed by atoms with Gasteiger partial charge in [0.25, 0.3) is 0 Å². The number of carbonyl (C=O) groups is 1. The van der Waals surface area contributed by atoms with Gasteiger partial charge in [-0.15, -0.1) is 0 Å². The number of hydrogen-bond acceptors (Lipinski definition) is 4. The predicted molar refractivity (Wildman–Crippen MR) is 94.4 cm³/mol. The Morgan fingerprint density at radius 1 is 1.17 bits per heavy atom. The van der Waals surface area contributed by atoms with Crippen LogP contribution in [0.3, 0.4) is 0 Å². The minimum atomic E-state index is 0.00717. The molecule has 1 aliphatic heterocycles. The molecule has 3 aliphatic rings. The topological polar surface area (TPSA) is 32.8 Å². The molecular formula is C20H20N2O2. The van der Waals surface area contributed by atoms with Crippen LogP contribution in [0, 0.1) is 0 Å². The number of hydrogen-bond donors (Lipinski definition) is 0. The number of para-hydroxylation sites is 2. The van der Waals surface area contributed by atoms with Crippen molar-refractivity contribution in [2.75, 3.05) is 18.1 Å². The van der Waals surface area contributed by atoms with E-state index >= 15 is 0 Å². The molecule has 0 atom stereocenters. The van der Waals surface area contributed by atoms with E-state index in [9.17, 15) is 4.79 Å². The smallest absolute Gasteiger partial charge is 0.179 e. The first-order chi connectivity index (χ1) is 11.7. The zero-order chi connectivity index (χ0) is 16.7. The van der Waals surface area contributed by atoms with Crippen molar-refractivity contribution < 1.29 is 9.53 Å². The van der Waals surface area contributed by atoms with Crippen molar-refractivity contribution in [2.45, 2.75) is 20.3 Å². The fourth-order valence-electron chi connectivity index (χ4n) is 3.46. The first-order valence-electron chi connectivity index (χ1n) is 8.42. The maximum Gasteiger partial charge on any atom is 0.179 e. The van der Waals surface area contributed by atoms with E-state index in [4.69, 9.17) is 4.74 Å². The molecule has 1 aromatic carbocycles. The Labute approximate surface area is 142 Å². The van der Waals surface area contributed by atoms with E-state index < -0.39 is 0 Å². The predicted octanol–water partition coefficient (Wildman–Crippen LogP) is 3.75. The lowest BCUT2D eigenvalue weighted by atomic mass is 9.90. The first-order valence-corrected chi connectivity index (χ1v) is 8.42. The van der Waals surface area contributed by atoms with Crippen LogP contribution in [0.4, 0.5) is 5.69 Å². The maximum absolute atomic E-state index is 11.9. The second-order valence-electron chi connectivity index (χ2n) is 5.95. The number of ether oxygens (including phenoxy) is 1. The monoisotopic (exact) mass is 320 g/mol. The highest BCUT2D eigenvalue weighted by Gasteiger charge is 2.34. The molecule has 0 fully saturated rings. The third-order valence-electron chi connectivity index (χ3n) is 4.62. The van der Waals surface area contributed by atoms with E-state index in [1.807, 2.05) is 24.3 Å². The van der Waals surface area contributed by atoms with Gasteiger partial charge in [0.05, 0.1) is 5.70 Å². The molecule has 0 N–H and O–H groups in total. The molecule has 1 heterocycles. The molecule has 0 radical (unpaired) electrons. The molecule has 24 heavy (non-hydrogen) atoms. The number of rotatable bonds is 3. The normalized spacial score (nSPS) is 18.6. The van der Waals surface area contributed by atoms with Crippen LogP contribution in [0.25, 0.3) is 0 Å². The number of allylic oxidation sites excluding steroid dienone is 5. The van der Waals surface area contributed by atoms with Crippen molar-refractivity contribution >= 4 is 11.5 Å². The van der Waals surface area contributed by atoms with E-state index in [1.54, 1.807) is 12.2 Å². The van der Waals surface area contributed by atoms with Gasteiger partial charge in [0.15, 0.2) is 17.3 Å². The lowest BCUT2D eigenvalue weighted by molar-refractivity contribution is -0.110. The third kappa shape index (κ3) is 2.22. The van der Waals surface area contributed by atoms with Crippen molar-refractivity contribution in [2.24, 2.45) is 0 Å². The second-order valence-corrected chi connectivity index (χ2v) is 5.95. The molecule has 0 spiro atoms. The number of benzene rings is 1. The molecule has 4 heteroatoms. The Balaban J connectivity index is 1.88. The first kappa shape index (κ1) is 15.0. The molecular weight excluding hydrogens is 300 g/mol. The number of hydrazine groups is 1. The molecule has 0 saturated carbocycles. The number of fused-ring (bicyclic) bond motifs is 3. The molecule has 0 unspecified atom stereocenters. The van der Waals surface area contributed by atoms with Gasteiger partial charge in [0, 0.05) is 25.1 Å². The van der Waals surface area contributed by atoms with Crippen LogP contribution >= 0.6 is 0 Å². The Kier molecular flexibility index (Phi) is 3.62. The van der Waals surface area contributed by atoms with Crippen molar-refractivity contribution in [3.8, 4) is 5.75 Å². The van der Waals surface area contributed by atoms with Crippen LogP contribution in [-0.4, -0.2) is 23.9 Å². The molecule has 0 amide bonds. The quantitative estimate of drug-likeness (QED) is 0.849. The van der Waals surface area contributed by atoms with E-state index in [-0.39, 0.29) is 5.78 Å². The lowest BCUT2D eigenvalue weighted by Gasteiger charge is -2.42. The van der Waals surface area contributed by atoms with E-state index in [1.165, 1.54) is 0 Å². The zero-order valence-corrected chi connectivity index (χ0v) is 14.0. The molecule has 0 bridgehead atoms. The molecule has 122 valence electrons. The summed E-state index contributed by atoms with van der Waals surface area (Å²) < 4.78 is 6.24. The van der Waals surface area contributed by atoms with Crippen LogP contribution < -0.4 is 9.75 Å². The molecule has 0 saturated heterocycles. The summed E-state index contributed by atoms with van der Waals surface area (Å²) in [5.41, 5.74) is 4.09. The fraction of sp³-hybridized carbons (Fsp3) is 0.250. The van der Waals surface area contributed by atoms with Crippen molar-refractivity contribution in [1.29, 1.82) is 0 Å². The minimum absolute atomic E-state index is 0.00717. The van der Waals surface area contributed by atoms with Gasteiger partial charge in [-0.1, -0.05) is 38.1 Å². The number of carbonyl (C=O) groups excluding carboxylic acids is 1. The highest BCUT2D eigenvalue weighted by Crippen LogP contribution is 2.45. The van der Waals surface area contributed by atoms with Gasteiger partial charge < -0.3 is 4.74 Å². The second kappa shape index (κ2) is 5.80. The average molecular weight is 320 g/mol. The van der Waals surface area contributed by atoms with Gasteiger partial charge in [-0.05, 0) is 29.9 Å². The summed E-state index contributed by atoms with van der Waals surface area (Å²) in [6, 6.07) is 8.07. The van der Waals surface area contributed by atoms with E-state index in [2.05, 4.69) is 36.0 Å². The Hall–Kier alpha value is -2.59. The molecule has 0 aromatic heterocycles. The van der Waals surface area contributed by atoms with Crippen LogP contribution in [0.5, 0.6) is 5.75 Å². The number of nitrogens with zero attached hydrogens (tertiary/aromatic N) is 2. The maximum atomic E-state index is 11.9. The van der Waals surface area contributed by atoms with Gasteiger partial charge in [-0.3, -0.25) is 9.80 Å². The van der Waals surface area contributed by atoms with Crippen molar-refractivity contribution in [3.63, 3.8) is 0 Å². The highest BCUT2D eigenvalue weighted by atomic mass is 16.5. The summed E-state index contributed by atoms with van der Waals surface area (Å²) in [5, 5.41) is 4.54. The summed E-state index contributed by atoms with van der Waals surface area (Å²) in [4.78, 5) is 11.9. The van der Waals surface area contributed by atoms with Gasteiger partial charge in [-0.2, -0.15) is 0 Å². The lowest BCUT2D eigenvalue weighted by Crippen LogP contribution is -2.45. The minimum Gasteiger partial charge on any atom is -0.453 e. The highest BCUT2D eigenvalue weighted by molar-refractivity contribution is 6.03. The van der Waals surface area contributed by atoms with E-state index in [0.29, 0.717) is 0 Å². The van der Waals surface area contributed by atoms with Crippen LogP contribution in [0.15, 0.2) is 71.2 Å². The average Bonchev–Trinajstić information content (AvgIpc) is 2.62. The Morgan fingerprint density at radius 3 is 2.75 bits per heavy atom. The molecule has 2 aliphatic carbocycles. The number of ketones is 1. The molecule has 1 aromatic rings. The van der Waals surface area contributed by atoms with Crippen LogP contribution in [-0.2, 0) is 4.79 Å². The standard InChI is InChI=1S/C20H20N2O2/c1-3-21(4-2)22-17-7-5-6-8-19(17)24-20-16-13-15(23)11-9-14(16)10-12-18(20)22/h5-11,13H,3-4,12H2,1-2H3. The van der Waals surface area contributed by atoms with Crippen molar-refractivity contribution in [3.05, 3.63) is 71.2 Å². The Bertz CT molecular complexity index is 826. The third-order valence-corrected chi connectivity index (χ3v) is 4.62. The van der Waals surface area contributed by atoms with Gasteiger partial charge in [0.1, 0.15) is 5.69 Å². The van der Waals surface area contributed by atoms with Crippen molar-refractivity contribution in [1.82, 2.24) is 5.01 Å². The summed E-state index contributed by atoms with van der Waals surface area (Å²) >= 11 is 0. The Morgan fingerprint density at radius 2 is 1.96 bits per heavy atom. The van der Waals surface area contributed by atoms with Gasteiger partial charge in [0.2, 0.25) is 0 Å². The largest absolute Gasteiger partial charge is 0.453 e. The van der Waals surface area contributed by atoms with Crippen LogP contribution in [0.1, 0.15) is 20.3 Å². The fourth-order valence-corrected chi connectivity index (χ4v) is 3.46.